The van der Waals surface area contributed by atoms with Crippen LogP contribution in [0.15, 0.2) is 48.7 Å². The normalized spacial score (nSPS) is 29.6. The van der Waals surface area contributed by atoms with Crippen molar-refractivity contribution in [3.8, 4) is 5.75 Å². The summed E-state index contributed by atoms with van der Waals surface area (Å²) in [4.78, 5) is 6.37. The van der Waals surface area contributed by atoms with Crippen molar-refractivity contribution in [2.75, 3.05) is 19.6 Å². The van der Waals surface area contributed by atoms with Crippen molar-refractivity contribution < 1.29 is 15.3 Å². The highest BCUT2D eigenvalue weighted by molar-refractivity contribution is 5.20. The van der Waals surface area contributed by atoms with Gasteiger partial charge in [0.15, 0.2) is 0 Å². The Hall–Kier alpha value is -1.95. The molecule has 138 valence electrons. The van der Waals surface area contributed by atoms with Crippen LogP contribution >= 0.6 is 0 Å². The van der Waals surface area contributed by atoms with Crippen LogP contribution in [0.4, 0.5) is 0 Å². The molecule has 0 bridgehead atoms. The molecule has 2 aromatic rings. The van der Waals surface area contributed by atoms with Crippen LogP contribution in [0, 0.1) is 11.8 Å². The van der Waals surface area contributed by atoms with E-state index in [0.717, 1.165) is 32.4 Å². The van der Waals surface area contributed by atoms with Crippen LogP contribution in [0.1, 0.15) is 30.2 Å². The molecular weight excluding hydrogens is 328 g/mol. The Labute approximate surface area is 153 Å². The fourth-order valence-electron chi connectivity index (χ4n) is 4.76. The summed E-state index contributed by atoms with van der Waals surface area (Å²) in [5.41, 5.74) is 1.18. The number of nitrogens with zero attached hydrogens (tertiary/aromatic N) is 2. The number of rotatable bonds is 5. The summed E-state index contributed by atoms with van der Waals surface area (Å²) in [7, 11) is 0. The second-order valence-corrected chi connectivity index (χ2v) is 7.99. The molecule has 0 radical (unpaired) electrons. The van der Waals surface area contributed by atoms with Crippen LogP contribution in [0.3, 0.4) is 0 Å². The molecule has 26 heavy (non-hydrogen) atoms. The summed E-state index contributed by atoms with van der Waals surface area (Å²) in [6, 6.07) is 13.4. The van der Waals surface area contributed by atoms with Gasteiger partial charge in [0, 0.05) is 26.1 Å². The minimum absolute atomic E-state index is 0.106. The average Bonchev–Trinajstić information content (AvgIpc) is 3.10. The number of β-amino-alcohol motifs (C(OH)–C–C–N with tert-alkyl or cyclic N) is 1. The summed E-state index contributed by atoms with van der Waals surface area (Å²) in [5.74, 6) is 1.08. The Balaban J connectivity index is 1.32. The van der Waals surface area contributed by atoms with Gasteiger partial charge < -0.3 is 15.3 Å². The van der Waals surface area contributed by atoms with Gasteiger partial charge in [0.05, 0.1) is 17.5 Å². The lowest BCUT2D eigenvalue weighted by Gasteiger charge is -2.27. The first-order valence-electron chi connectivity index (χ1n) is 9.32. The van der Waals surface area contributed by atoms with E-state index in [-0.39, 0.29) is 5.75 Å². The van der Waals surface area contributed by atoms with Gasteiger partial charge in [-0.1, -0.05) is 30.3 Å². The Bertz CT molecular complexity index is 721. The molecule has 3 N–H and O–H groups in total. The smallest absolute Gasteiger partial charge is 0.133 e. The molecule has 1 aromatic heterocycles. The molecule has 2 unspecified atom stereocenters. The third-order valence-electron chi connectivity index (χ3n) is 5.86. The SMILES string of the molecule is Oc1ccc([C@H](O)CN2CC3CC(O)(Cc4ccccc4)C[C@H]3C2)nc1. The first-order valence-corrected chi connectivity index (χ1v) is 9.32. The van der Waals surface area contributed by atoms with Crippen molar-refractivity contribution in [2.45, 2.75) is 31.0 Å². The summed E-state index contributed by atoms with van der Waals surface area (Å²) >= 11 is 0. The zero-order valence-corrected chi connectivity index (χ0v) is 14.8. The maximum Gasteiger partial charge on any atom is 0.133 e. The van der Waals surface area contributed by atoms with Gasteiger partial charge in [-0.15, -0.1) is 0 Å². The quantitative estimate of drug-likeness (QED) is 0.767. The lowest BCUT2D eigenvalue weighted by atomic mass is 9.91. The molecule has 1 saturated carbocycles. The molecule has 1 aromatic carbocycles. The summed E-state index contributed by atoms with van der Waals surface area (Å²) in [6.45, 7) is 2.37. The van der Waals surface area contributed by atoms with Crippen molar-refractivity contribution in [1.29, 1.82) is 0 Å². The molecule has 1 aliphatic heterocycles. The van der Waals surface area contributed by atoms with Crippen molar-refractivity contribution in [2.24, 2.45) is 11.8 Å². The van der Waals surface area contributed by atoms with Crippen LogP contribution in [0.5, 0.6) is 5.75 Å². The molecular formula is C21H26N2O3. The summed E-state index contributed by atoms with van der Waals surface area (Å²) in [5, 5.41) is 30.7. The largest absolute Gasteiger partial charge is 0.506 e. The summed E-state index contributed by atoms with van der Waals surface area (Å²) in [6.07, 6.45) is 3.09. The minimum atomic E-state index is -0.655. The third-order valence-corrected chi connectivity index (χ3v) is 5.86. The molecule has 2 heterocycles. The van der Waals surface area contributed by atoms with E-state index in [0.29, 0.717) is 24.1 Å². The number of aliphatic hydroxyl groups is 2. The molecule has 4 atom stereocenters. The van der Waals surface area contributed by atoms with Gasteiger partial charge in [0.25, 0.3) is 0 Å². The monoisotopic (exact) mass is 354 g/mol. The zero-order valence-electron chi connectivity index (χ0n) is 14.8. The number of hydrogen-bond acceptors (Lipinski definition) is 5. The van der Waals surface area contributed by atoms with Crippen molar-refractivity contribution in [1.82, 2.24) is 9.88 Å². The number of pyridine rings is 1. The van der Waals surface area contributed by atoms with Gasteiger partial charge in [0.2, 0.25) is 0 Å². The van der Waals surface area contributed by atoms with Crippen molar-refractivity contribution in [3.05, 3.63) is 59.9 Å². The van der Waals surface area contributed by atoms with Crippen LogP contribution in [0.2, 0.25) is 0 Å². The Morgan fingerprint density at radius 3 is 2.38 bits per heavy atom. The highest BCUT2D eigenvalue weighted by Crippen LogP contribution is 2.45. The molecule has 0 spiro atoms. The Kier molecular flexibility index (Phi) is 4.69. The number of aliphatic hydroxyl groups excluding tert-OH is 1. The van der Waals surface area contributed by atoms with Crippen molar-refractivity contribution in [3.63, 3.8) is 0 Å². The van der Waals surface area contributed by atoms with E-state index in [1.807, 2.05) is 18.2 Å². The highest BCUT2D eigenvalue weighted by Gasteiger charge is 2.48. The number of aromatic hydroxyl groups is 1. The lowest BCUT2D eigenvalue weighted by molar-refractivity contribution is 0.0327. The Morgan fingerprint density at radius 1 is 1.08 bits per heavy atom. The first kappa shape index (κ1) is 17.5. The van der Waals surface area contributed by atoms with Crippen LogP contribution in [-0.2, 0) is 6.42 Å². The molecule has 2 aliphatic rings. The van der Waals surface area contributed by atoms with E-state index >= 15 is 0 Å². The second kappa shape index (κ2) is 6.99. The molecule has 0 amide bonds. The third kappa shape index (κ3) is 3.75. The van der Waals surface area contributed by atoms with E-state index in [1.165, 1.54) is 11.8 Å². The van der Waals surface area contributed by atoms with E-state index in [2.05, 4.69) is 22.0 Å². The minimum Gasteiger partial charge on any atom is -0.506 e. The highest BCUT2D eigenvalue weighted by atomic mass is 16.3. The lowest BCUT2D eigenvalue weighted by Crippen LogP contribution is -2.33. The molecule has 1 saturated heterocycles. The summed E-state index contributed by atoms with van der Waals surface area (Å²) < 4.78 is 0. The maximum absolute atomic E-state index is 11.0. The molecule has 4 rings (SSSR count). The van der Waals surface area contributed by atoms with Crippen LogP contribution in [-0.4, -0.2) is 50.4 Å². The molecule has 2 fully saturated rings. The van der Waals surface area contributed by atoms with E-state index < -0.39 is 11.7 Å². The number of hydrogen-bond donors (Lipinski definition) is 3. The number of benzene rings is 1. The predicted molar refractivity (Wildman–Crippen MR) is 98.6 cm³/mol. The molecule has 1 aliphatic carbocycles. The number of aromatic nitrogens is 1. The van der Waals surface area contributed by atoms with E-state index in [4.69, 9.17) is 0 Å². The average molecular weight is 354 g/mol. The Morgan fingerprint density at radius 2 is 1.77 bits per heavy atom. The van der Waals surface area contributed by atoms with Gasteiger partial charge in [-0.2, -0.15) is 0 Å². The van der Waals surface area contributed by atoms with Gasteiger partial charge >= 0.3 is 0 Å². The molecule has 5 nitrogen and oxygen atoms in total. The van der Waals surface area contributed by atoms with Crippen LogP contribution < -0.4 is 0 Å². The zero-order chi connectivity index (χ0) is 18.1. The number of fused-ring (bicyclic) bond motifs is 1. The van der Waals surface area contributed by atoms with E-state index in [9.17, 15) is 15.3 Å². The fraction of sp³-hybridized carbons (Fsp3) is 0.476. The fourth-order valence-corrected chi connectivity index (χ4v) is 4.76. The van der Waals surface area contributed by atoms with Crippen molar-refractivity contribution >= 4 is 0 Å². The molecule has 5 heteroatoms. The van der Waals surface area contributed by atoms with Gasteiger partial charge in [-0.05, 0) is 42.4 Å². The second-order valence-electron chi connectivity index (χ2n) is 7.99. The van der Waals surface area contributed by atoms with Gasteiger partial charge in [-0.3, -0.25) is 9.88 Å². The van der Waals surface area contributed by atoms with Gasteiger partial charge in [-0.25, -0.2) is 0 Å². The number of likely N-dealkylation sites (tertiary alicyclic amines) is 1. The standard InChI is InChI=1S/C21H26N2O3/c24-18-6-7-19(22-11-18)20(25)14-23-12-16-9-21(26,10-17(16)13-23)8-15-4-2-1-3-5-15/h1-7,11,16-17,20,24-26H,8-10,12-14H2/t16-,17?,20+,21?/m0/s1. The van der Waals surface area contributed by atoms with E-state index in [1.54, 1.807) is 12.1 Å². The predicted octanol–water partition coefficient (Wildman–Crippen LogP) is 2.14. The van der Waals surface area contributed by atoms with Crippen LogP contribution in [0.25, 0.3) is 0 Å². The topological polar surface area (TPSA) is 76.8 Å². The first-order chi connectivity index (χ1) is 12.5. The maximum atomic E-state index is 11.0. The van der Waals surface area contributed by atoms with Gasteiger partial charge in [0.1, 0.15) is 11.9 Å².